The Morgan fingerprint density at radius 1 is 0.952 bits per heavy atom. The highest BCUT2D eigenvalue weighted by Crippen LogP contribution is 2.08. The maximum atomic E-state index is 12.0. The van der Waals surface area contributed by atoms with E-state index in [0.29, 0.717) is 12.1 Å². The maximum absolute atomic E-state index is 12.0. The van der Waals surface area contributed by atoms with Crippen LogP contribution < -0.4 is 10.6 Å². The first-order chi connectivity index (χ1) is 10.2. The zero-order valence-electron chi connectivity index (χ0n) is 13.1. The number of hydrogen-bond acceptors (Lipinski definition) is 3. The van der Waals surface area contributed by atoms with Crippen molar-refractivity contribution in [3.8, 4) is 0 Å². The van der Waals surface area contributed by atoms with E-state index in [0.717, 1.165) is 25.9 Å². The largest absolute Gasteiger partial charge is 0.355 e. The lowest BCUT2D eigenvalue weighted by Gasteiger charge is -2.06. The number of nitrogens with one attached hydrogen (secondary N) is 2. The predicted molar refractivity (Wildman–Crippen MR) is 85.6 cm³/mol. The van der Waals surface area contributed by atoms with Crippen LogP contribution in [0.4, 0.5) is 0 Å². The topological polar surface area (TPSA) is 58.2 Å². The Labute approximate surface area is 127 Å². The zero-order chi connectivity index (χ0) is 15.5. The number of Topliss-reactive ketones (excluding diaryl/α,β-unsaturated/α-hetero) is 1. The summed E-state index contributed by atoms with van der Waals surface area (Å²) in [5.74, 6) is -0.0382. The van der Waals surface area contributed by atoms with Crippen LogP contribution in [-0.4, -0.2) is 31.3 Å². The van der Waals surface area contributed by atoms with Crippen molar-refractivity contribution in [3.63, 3.8) is 0 Å². The average Bonchev–Trinajstić information content (AvgIpc) is 2.52. The number of benzene rings is 1. The van der Waals surface area contributed by atoms with Crippen LogP contribution in [-0.2, 0) is 11.2 Å². The quantitative estimate of drug-likeness (QED) is 0.513. The molecular formula is C17H26N2O2. The summed E-state index contributed by atoms with van der Waals surface area (Å²) < 4.78 is 0. The molecule has 1 amide bonds. The molecule has 4 nitrogen and oxygen atoms in total. The van der Waals surface area contributed by atoms with E-state index in [2.05, 4.69) is 24.5 Å². The fourth-order valence-electron chi connectivity index (χ4n) is 1.98. The van der Waals surface area contributed by atoms with Crippen LogP contribution in [0.25, 0.3) is 0 Å². The Bertz CT molecular complexity index is 441. The molecule has 0 bridgehead atoms. The van der Waals surface area contributed by atoms with Crippen LogP contribution in [0.1, 0.15) is 49.0 Å². The molecule has 0 aliphatic carbocycles. The molecule has 4 heteroatoms. The summed E-state index contributed by atoms with van der Waals surface area (Å²) in [6, 6.07) is 7.61. The maximum Gasteiger partial charge on any atom is 0.220 e. The third-order valence-corrected chi connectivity index (χ3v) is 3.31. The van der Waals surface area contributed by atoms with Crippen molar-refractivity contribution in [1.82, 2.24) is 10.6 Å². The molecule has 0 fully saturated rings. The van der Waals surface area contributed by atoms with Crippen molar-refractivity contribution in [2.75, 3.05) is 19.6 Å². The van der Waals surface area contributed by atoms with Gasteiger partial charge in [-0.3, -0.25) is 9.59 Å². The van der Waals surface area contributed by atoms with Gasteiger partial charge in [0.2, 0.25) is 5.91 Å². The highest BCUT2D eigenvalue weighted by Gasteiger charge is 2.08. The molecule has 21 heavy (non-hydrogen) atoms. The summed E-state index contributed by atoms with van der Waals surface area (Å²) >= 11 is 0. The Kier molecular flexibility index (Phi) is 8.36. The van der Waals surface area contributed by atoms with Crippen molar-refractivity contribution in [3.05, 3.63) is 35.4 Å². The van der Waals surface area contributed by atoms with E-state index in [1.54, 1.807) is 0 Å². The van der Waals surface area contributed by atoms with Gasteiger partial charge in [0, 0.05) is 31.5 Å². The molecule has 0 radical (unpaired) electrons. The number of carbonyl (C=O) groups is 2. The van der Waals surface area contributed by atoms with E-state index in [1.165, 1.54) is 5.56 Å². The van der Waals surface area contributed by atoms with Crippen LogP contribution in [0.2, 0.25) is 0 Å². The summed E-state index contributed by atoms with van der Waals surface area (Å²) in [6.45, 7) is 6.52. The number of carbonyl (C=O) groups excluding carboxylic acids is 2. The molecule has 0 aliphatic rings. The van der Waals surface area contributed by atoms with Gasteiger partial charge in [0.05, 0.1) is 0 Å². The minimum absolute atomic E-state index is 0.0249. The van der Waals surface area contributed by atoms with Crippen molar-refractivity contribution >= 4 is 11.7 Å². The zero-order valence-corrected chi connectivity index (χ0v) is 13.1. The number of rotatable bonds is 10. The monoisotopic (exact) mass is 290 g/mol. The third-order valence-electron chi connectivity index (χ3n) is 3.31. The number of amides is 1. The number of hydrogen-bond donors (Lipinski definition) is 2. The average molecular weight is 290 g/mol. The van der Waals surface area contributed by atoms with Gasteiger partial charge in [0.25, 0.3) is 0 Å². The molecule has 2 N–H and O–H groups in total. The normalized spacial score (nSPS) is 10.4. The Hall–Kier alpha value is -1.68. The predicted octanol–water partition coefficient (Wildman–Crippen LogP) is 2.33. The fraction of sp³-hybridized carbons (Fsp3) is 0.529. The van der Waals surface area contributed by atoms with E-state index in [9.17, 15) is 9.59 Å². The summed E-state index contributed by atoms with van der Waals surface area (Å²) in [7, 11) is 0. The molecule has 0 aromatic heterocycles. The summed E-state index contributed by atoms with van der Waals surface area (Å²) in [4.78, 5) is 23.6. The molecule has 1 aromatic carbocycles. The van der Waals surface area contributed by atoms with E-state index < -0.39 is 0 Å². The van der Waals surface area contributed by atoms with E-state index in [1.807, 2.05) is 24.3 Å². The lowest BCUT2D eigenvalue weighted by Crippen LogP contribution is -2.32. The van der Waals surface area contributed by atoms with E-state index >= 15 is 0 Å². The van der Waals surface area contributed by atoms with Gasteiger partial charge < -0.3 is 10.6 Å². The van der Waals surface area contributed by atoms with Crippen LogP contribution in [0.15, 0.2) is 24.3 Å². The second-order valence-electron chi connectivity index (χ2n) is 5.07. The molecule has 0 saturated carbocycles. The minimum atomic E-state index is -0.0631. The lowest BCUT2D eigenvalue weighted by atomic mass is 10.0. The van der Waals surface area contributed by atoms with Gasteiger partial charge in [-0.25, -0.2) is 0 Å². The highest BCUT2D eigenvalue weighted by atomic mass is 16.2. The first-order valence-corrected chi connectivity index (χ1v) is 7.77. The number of aryl methyl sites for hydroxylation is 1. The molecule has 0 atom stereocenters. The lowest BCUT2D eigenvalue weighted by molar-refractivity contribution is -0.121. The van der Waals surface area contributed by atoms with Crippen LogP contribution in [0.3, 0.4) is 0 Å². The molecule has 0 aliphatic heterocycles. The Balaban J connectivity index is 2.23. The SMILES string of the molecule is CCCNCCNC(=O)CCC(=O)c1ccc(CC)cc1. The first-order valence-electron chi connectivity index (χ1n) is 7.77. The molecule has 116 valence electrons. The van der Waals surface area contributed by atoms with Gasteiger partial charge >= 0.3 is 0 Å². The van der Waals surface area contributed by atoms with Gasteiger partial charge in [0.15, 0.2) is 5.78 Å². The van der Waals surface area contributed by atoms with Gasteiger partial charge in [-0.05, 0) is 24.9 Å². The van der Waals surface area contributed by atoms with E-state index in [-0.39, 0.29) is 24.5 Å². The molecule has 0 heterocycles. The smallest absolute Gasteiger partial charge is 0.220 e. The standard InChI is InChI=1S/C17H26N2O2/c1-3-11-18-12-13-19-17(21)10-9-16(20)15-7-5-14(4-2)6-8-15/h5-8,18H,3-4,9-13H2,1-2H3,(H,19,21). The molecular weight excluding hydrogens is 264 g/mol. The minimum Gasteiger partial charge on any atom is -0.355 e. The second-order valence-corrected chi connectivity index (χ2v) is 5.07. The third kappa shape index (κ3) is 7.04. The summed E-state index contributed by atoms with van der Waals surface area (Å²) in [5.41, 5.74) is 1.90. The van der Waals surface area contributed by atoms with E-state index in [4.69, 9.17) is 0 Å². The highest BCUT2D eigenvalue weighted by molar-refractivity contribution is 5.97. The van der Waals surface area contributed by atoms with Gasteiger partial charge in [-0.1, -0.05) is 38.1 Å². The Morgan fingerprint density at radius 3 is 2.29 bits per heavy atom. The van der Waals surface area contributed by atoms with Crippen molar-refractivity contribution in [2.24, 2.45) is 0 Å². The molecule has 0 saturated heterocycles. The Morgan fingerprint density at radius 2 is 1.67 bits per heavy atom. The van der Waals surface area contributed by atoms with Crippen molar-refractivity contribution in [2.45, 2.75) is 39.5 Å². The van der Waals surface area contributed by atoms with Crippen LogP contribution in [0, 0.1) is 0 Å². The number of ketones is 1. The molecule has 0 unspecified atom stereocenters. The van der Waals surface area contributed by atoms with Crippen LogP contribution >= 0.6 is 0 Å². The van der Waals surface area contributed by atoms with Crippen LogP contribution in [0.5, 0.6) is 0 Å². The van der Waals surface area contributed by atoms with Gasteiger partial charge in [-0.15, -0.1) is 0 Å². The van der Waals surface area contributed by atoms with Crippen molar-refractivity contribution in [1.29, 1.82) is 0 Å². The van der Waals surface area contributed by atoms with Crippen molar-refractivity contribution < 1.29 is 9.59 Å². The second kappa shape index (κ2) is 10.1. The molecule has 0 spiro atoms. The fourth-order valence-corrected chi connectivity index (χ4v) is 1.98. The molecule has 1 rings (SSSR count). The van der Waals surface area contributed by atoms with Gasteiger partial charge in [-0.2, -0.15) is 0 Å². The molecule has 1 aromatic rings. The summed E-state index contributed by atoms with van der Waals surface area (Å²) in [6.07, 6.45) is 2.56. The van der Waals surface area contributed by atoms with Gasteiger partial charge in [0.1, 0.15) is 0 Å². The summed E-state index contributed by atoms with van der Waals surface area (Å²) in [5, 5.41) is 6.02. The first kappa shape index (κ1) is 17.4.